The summed E-state index contributed by atoms with van der Waals surface area (Å²) in [6, 6.07) is 6.72. The number of hydrogen-bond acceptors (Lipinski definition) is 3. The highest BCUT2D eigenvalue weighted by molar-refractivity contribution is 5.85. The molecule has 1 aliphatic rings. The molecule has 0 aliphatic carbocycles. The van der Waals surface area contributed by atoms with Crippen LogP contribution in [0.3, 0.4) is 0 Å². The van der Waals surface area contributed by atoms with Crippen LogP contribution in [0.25, 0.3) is 0 Å². The minimum atomic E-state index is -0.227. The molecule has 0 bridgehead atoms. The Morgan fingerprint density at radius 3 is 2.76 bits per heavy atom. The van der Waals surface area contributed by atoms with Crippen molar-refractivity contribution < 1.29 is 4.39 Å². The molecule has 92 valence electrons. The summed E-state index contributed by atoms with van der Waals surface area (Å²) in [7, 11) is 0. The lowest BCUT2D eigenvalue weighted by atomic mass is 10.1. The minimum absolute atomic E-state index is 0.227. The summed E-state index contributed by atoms with van der Waals surface area (Å²) < 4.78 is 12.9. The van der Waals surface area contributed by atoms with E-state index in [4.69, 9.17) is 5.73 Å². The van der Waals surface area contributed by atoms with Crippen molar-refractivity contribution in [1.82, 2.24) is 0 Å². The normalized spacial score (nSPS) is 19.5. The first kappa shape index (κ1) is 11.9. The Bertz CT molecular complexity index is 400. The third-order valence-electron chi connectivity index (χ3n) is 3.01. The second kappa shape index (κ2) is 5.17. The number of benzene rings is 1. The molecule has 3 nitrogen and oxygen atoms in total. The van der Waals surface area contributed by atoms with Crippen molar-refractivity contribution >= 4 is 11.5 Å². The number of amidine groups is 1. The molecule has 0 saturated carbocycles. The number of hydrogen-bond donors (Lipinski definition) is 1. The molecule has 0 aromatic heterocycles. The largest absolute Gasteiger partial charge is 0.386 e. The van der Waals surface area contributed by atoms with Gasteiger partial charge >= 0.3 is 0 Å². The number of nitrogens with two attached hydrogens (primary N) is 1. The molecular formula is C13H18FN3. The number of rotatable bonds is 4. The topological polar surface area (TPSA) is 41.6 Å². The predicted octanol–water partition coefficient (Wildman–Crippen LogP) is 2.87. The quantitative estimate of drug-likeness (QED) is 0.871. The van der Waals surface area contributed by atoms with Crippen LogP contribution in [0.4, 0.5) is 10.1 Å². The van der Waals surface area contributed by atoms with Crippen molar-refractivity contribution in [3.63, 3.8) is 0 Å². The van der Waals surface area contributed by atoms with E-state index in [1.54, 1.807) is 12.1 Å². The van der Waals surface area contributed by atoms with Gasteiger partial charge in [0.25, 0.3) is 0 Å². The maximum Gasteiger partial charge on any atom is 0.123 e. The fourth-order valence-electron chi connectivity index (χ4n) is 2.12. The molecule has 0 amide bonds. The minimum Gasteiger partial charge on any atom is -0.386 e. The van der Waals surface area contributed by atoms with Crippen molar-refractivity contribution in [1.29, 1.82) is 0 Å². The summed E-state index contributed by atoms with van der Waals surface area (Å²) >= 11 is 0. The summed E-state index contributed by atoms with van der Waals surface area (Å²) in [6.07, 6.45) is 4.19. The summed E-state index contributed by atoms with van der Waals surface area (Å²) in [5.74, 6) is 0.436. The second-order valence-corrected chi connectivity index (χ2v) is 4.41. The van der Waals surface area contributed by atoms with E-state index >= 15 is 0 Å². The lowest BCUT2D eigenvalue weighted by molar-refractivity contribution is 0.570. The predicted molar refractivity (Wildman–Crippen MR) is 68.4 cm³/mol. The molecule has 0 saturated heterocycles. The molecule has 0 fully saturated rings. The van der Waals surface area contributed by atoms with E-state index in [0.717, 1.165) is 31.4 Å². The van der Waals surface area contributed by atoms with Crippen molar-refractivity contribution in [3.8, 4) is 0 Å². The second-order valence-electron chi connectivity index (χ2n) is 4.41. The number of nitrogens with zero attached hydrogens (tertiary/aromatic N) is 2. The molecule has 1 aliphatic heterocycles. The Morgan fingerprint density at radius 2 is 2.12 bits per heavy atom. The van der Waals surface area contributed by atoms with Crippen LogP contribution >= 0.6 is 0 Å². The molecule has 1 unspecified atom stereocenters. The molecule has 17 heavy (non-hydrogen) atoms. The summed E-state index contributed by atoms with van der Waals surface area (Å²) in [5, 5.41) is 6.25. The smallest absolute Gasteiger partial charge is 0.123 e. The Balaban J connectivity index is 2.13. The molecule has 2 N–H and O–H groups in total. The Hall–Kier alpha value is -1.58. The van der Waals surface area contributed by atoms with Crippen molar-refractivity contribution in [3.05, 3.63) is 30.1 Å². The fraction of sp³-hybridized carbons (Fsp3) is 0.462. The zero-order chi connectivity index (χ0) is 12.3. The highest BCUT2D eigenvalue weighted by Crippen LogP contribution is 2.26. The van der Waals surface area contributed by atoms with E-state index in [1.807, 2.05) is 5.01 Å². The fourth-order valence-corrected chi connectivity index (χ4v) is 2.12. The molecule has 2 rings (SSSR count). The number of hydrazone groups is 1. The summed E-state index contributed by atoms with van der Waals surface area (Å²) in [5.41, 5.74) is 6.70. The standard InChI is InChI=1S/C13H18FN3/c1-2-3-4-12-9-13(15)16-17(12)11-7-5-10(14)6-8-11/h5-8,12H,2-4,9H2,1H3,(H2,15,16). The first-order valence-corrected chi connectivity index (χ1v) is 6.08. The molecule has 1 aromatic rings. The lowest BCUT2D eigenvalue weighted by Crippen LogP contribution is -2.26. The third-order valence-corrected chi connectivity index (χ3v) is 3.01. The van der Waals surface area contributed by atoms with Crippen molar-refractivity contribution in [2.75, 3.05) is 5.01 Å². The maximum absolute atomic E-state index is 12.9. The van der Waals surface area contributed by atoms with E-state index in [2.05, 4.69) is 12.0 Å². The van der Waals surface area contributed by atoms with Gasteiger partial charge in [0.05, 0.1) is 11.7 Å². The van der Waals surface area contributed by atoms with Crippen LogP contribution in [0.1, 0.15) is 32.6 Å². The van der Waals surface area contributed by atoms with E-state index in [1.165, 1.54) is 12.1 Å². The highest BCUT2D eigenvalue weighted by atomic mass is 19.1. The summed E-state index contributed by atoms with van der Waals surface area (Å²) in [6.45, 7) is 2.17. The van der Waals surface area contributed by atoms with Gasteiger partial charge in [-0.15, -0.1) is 0 Å². The van der Waals surface area contributed by atoms with Gasteiger partial charge in [0.1, 0.15) is 11.7 Å². The van der Waals surface area contributed by atoms with Gasteiger partial charge in [-0.3, -0.25) is 5.01 Å². The van der Waals surface area contributed by atoms with E-state index < -0.39 is 0 Å². The monoisotopic (exact) mass is 235 g/mol. The van der Waals surface area contributed by atoms with Gasteiger partial charge in [-0.25, -0.2) is 4.39 Å². The number of unbranched alkanes of at least 4 members (excludes halogenated alkanes) is 1. The Labute approximate surface area is 101 Å². The molecule has 1 aromatic carbocycles. The van der Waals surface area contributed by atoms with Crippen LogP contribution < -0.4 is 10.7 Å². The first-order chi connectivity index (χ1) is 8.20. The van der Waals surface area contributed by atoms with Crippen LogP contribution in [0.15, 0.2) is 29.4 Å². The summed E-state index contributed by atoms with van der Waals surface area (Å²) in [4.78, 5) is 0. The van der Waals surface area contributed by atoms with Gasteiger partial charge in [-0.1, -0.05) is 19.8 Å². The third kappa shape index (κ3) is 2.75. The van der Waals surface area contributed by atoms with E-state index in [-0.39, 0.29) is 5.82 Å². The van der Waals surface area contributed by atoms with E-state index in [9.17, 15) is 4.39 Å². The van der Waals surface area contributed by atoms with Gasteiger partial charge in [0.2, 0.25) is 0 Å². The van der Waals surface area contributed by atoms with Crippen molar-refractivity contribution in [2.24, 2.45) is 10.8 Å². The van der Waals surface area contributed by atoms with E-state index in [0.29, 0.717) is 11.9 Å². The molecule has 1 atom stereocenters. The van der Waals surface area contributed by atoms with Crippen LogP contribution in [0.2, 0.25) is 0 Å². The first-order valence-electron chi connectivity index (χ1n) is 6.08. The van der Waals surface area contributed by atoms with Gasteiger partial charge in [-0.2, -0.15) is 5.10 Å². The molecule has 1 heterocycles. The van der Waals surface area contributed by atoms with Crippen LogP contribution in [0.5, 0.6) is 0 Å². The zero-order valence-corrected chi connectivity index (χ0v) is 10.1. The number of halogens is 1. The molecule has 4 heteroatoms. The molecular weight excluding hydrogens is 217 g/mol. The highest BCUT2D eigenvalue weighted by Gasteiger charge is 2.25. The Morgan fingerprint density at radius 1 is 1.41 bits per heavy atom. The van der Waals surface area contributed by atoms with Crippen LogP contribution in [-0.2, 0) is 0 Å². The van der Waals surface area contributed by atoms with Gasteiger partial charge < -0.3 is 5.73 Å². The van der Waals surface area contributed by atoms with Crippen molar-refractivity contribution in [2.45, 2.75) is 38.6 Å². The average molecular weight is 235 g/mol. The van der Waals surface area contributed by atoms with Crippen LogP contribution in [0, 0.1) is 5.82 Å². The van der Waals surface area contributed by atoms with Crippen LogP contribution in [-0.4, -0.2) is 11.9 Å². The molecule has 0 radical (unpaired) electrons. The Kier molecular flexibility index (Phi) is 3.61. The lowest BCUT2D eigenvalue weighted by Gasteiger charge is -2.23. The maximum atomic E-state index is 12.9. The molecule has 0 spiro atoms. The SMILES string of the molecule is CCCCC1CC(N)=NN1c1ccc(F)cc1. The zero-order valence-electron chi connectivity index (χ0n) is 10.1. The van der Waals surface area contributed by atoms with Gasteiger partial charge in [0, 0.05) is 6.42 Å². The van der Waals surface area contributed by atoms with Gasteiger partial charge in [0.15, 0.2) is 0 Å². The number of anilines is 1. The average Bonchev–Trinajstić information content (AvgIpc) is 2.69. The van der Waals surface area contributed by atoms with Gasteiger partial charge in [-0.05, 0) is 30.7 Å².